The van der Waals surface area contributed by atoms with Crippen LogP contribution in [0.2, 0.25) is 0 Å². The molecule has 0 radical (unpaired) electrons. The number of nitrogens with one attached hydrogen (secondary N) is 1. The molecule has 4 rings (SSSR count). The van der Waals surface area contributed by atoms with Gasteiger partial charge in [0.25, 0.3) is 0 Å². The van der Waals surface area contributed by atoms with Crippen molar-refractivity contribution in [1.82, 2.24) is 15.2 Å². The standard InChI is InChI=1S/C24H29N3O2S/c1-16(2)22(17-10-12-19(29-3)13-11-17)26-24(28)27-14-6-7-18(15-27)23-25-20-8-4-5-9-21(20)30-23/h4-5,8-13,16,18,22H,6-7,14-15H2,1-3H3,(H,26,28)/t18-,22+/m1/s1. The molecule has 1 aliphatic rings. The van der Waals surface area contributed by atoms with Gasteiger partial charge in [0.15, 0.2) is 0 Å². The molecule has 6 heteroatoms. The molecule has 30 heavy (non-hydrogen) atoms. The van der Waals surface area contributed by atoms with Crippen molar-refractivity contribution in [3.63, 3.8) is 0 Å². The topological polar surface area (TPSA) is 54.5 Å². The normalized spacial score (nSPS) is 17.9. The number of methoxy groups -OCH3 is 1. The number of thiazole rings is 1. The fourth-order valence-corrected chi connectivity index (χ4v) is 5.19. The number of carbonyl (C=O) groups excluding carboxylic acids is 1. The second-order valence-electron chi connectivity index (χ2n) is 8.25. The number of rotatable bonds is 5. The minimum absolute atomic E-state index is 0.00956. The smallest absolute Gasteiger partial charge is 0.317 e. The van der Waals surface area contributed by atoms with Crippen LogP contribution in [-0.2, 0) is 0 Å². The second kappa shape index (κ2) is 9.04. The van der Waals surface area contributed by atoms with Gasteiger partial charge in [0.05, 0.1) is 28.4 Å². The first-order valence-corrected chi connectivity index (χ1v) is 11.4. The highest BCUT2D eigenvalue weighted by molar-refractivity contribution is 7.18. The van der Waals surface area contributed by atoms with Crippen molar-refractivity contribution < 1.29 is 9.53 Å². The number of benzene rings is 2. The maximum atomic E-state index is 13.1. The van der Waals surface area contributed by atoms with Crippen LogP contribution < -0.4 is 10.1 Å². The van der Waals surface area contributed by atoms with Gasteiger partial charge in [-0.2, -0.15) is 0 Å². The van der Waals surface area contributed by atoms with E-state index in [9.17, 15) is 4.79 Å². The first-order chi connectivity index (χ1) is 14.5. The highest BCUT2D eigenvalue weighted by Gasteiger charge is 2.29. The van der Waals surface area contributed by atoms with Gasteiger partial charge in [0, 0.05) is 19.0 Å². The van der Waals surface area contributed by atoms with Crippen molar-refractivity contribution >= 4 is 27.6 Å². The number of likely N-dealkylation sites (tertiary alicyclic amines) is 1. The third kappa shape index (κ3) is 4.43. The quantitative estimate of drug-likeness (QED) is 0.582. The Morgan fingerprint density at radius 1 is 1.20 bits per heavy atom. The van der Waals surface area contributed by atoms with E-state index in [1.807, 2.05) is 35.2 Å². The van der Waals surface area contributed by atoms with Gasteiger partial charge in [0.1, 0.15) is 5.75 Å². The van der Waals surface area contributed by atoms with Crippen molar-refractivity contribution in [1.29, 1.82) is 0 Å². The Morgan fingerprint density at radius 2 is 1.97 bits per heavy atom. The Kier molecular flexibility index (Phi) is 6.23. The van der Waals surface area contributed by atoms with E-state index in [2.05, 4.69) is 37.4 Å². The average molecular weight is 424 g/mol. The molecule has 158 valence electrons. The van der Waals surface area contributed by atoms with Gasteiger partial charge < -0.3 is 15.0 Å². The lowest BCUT2D eigenvalue weighted by Crippen LogP contribution is -2.46. The first kappa shape index (κ1) is 20.7. The maximum absolute atomic E-state index is 13.1. The number of carbonyl (C=O) groups is 1. The van der Waals surface area contributed by atoms with Gasteiger partial charge in [-0.15, -0.1) is 11.3 Å². The molecule has 0 unspecified atom stereocenters. The summed E-state index contributed by atoms with van der Waals surface area (Å²) in [5.41, 5.74) is 2.15. The molecule has 1 fully saturated rings. The van der Waals surface area contributed by atoms with Gasteiger partial charge in [-0.1, -0.05) is 38.1 Å². The Bertz CT molecular complexity index is 966. The lowest BCUT2D eigenvalue weighted by atomic mass is 9.95. The SMILES string of the molecule is COc1ccc([C@@H](NC(=O)N2CCC[C@@H](c3nc4ccccc4s3)C2)C(C)C)cc1. The predicted molar refractivity (Wildman–Crippen MR) is 122 cm³/mol. The second-order valence-corrected chi connectivity index (χ2v) is 9.31. The summed E-state index contributed by atoms with van der Waals surface area (Å²) in [7, 11) is 1.66. The van der Waals surface area contributed by atoms with Crippen LogP contribution in [0.3, 0.4) is 0 Å². The van der Waals surface area contributed by atoms with E-state index in [-0.39, 0.29) is 18.0 Å². The van der Waals surface area contributed by atoms with E-state index in [4.69, 9.17) is 9.72 Å². The van der Waals surface area contributed by atoms with Crippen molar-refractivity contribution in [2.24, 2.45) is 5.92 Å². The fourth-order valence-electron chi connectivity index (χ4n) is 4.10. The number of aromatic nitrogens is 1. The Hall–Kier alpha value is -2.60. The molecule has 0 saturated carbocycles. The lowest BCUT2D eigenvalue weighted by Gasteiger charge is -2.34. The van der Waals surface area contributed by atoms with Gasteiger partial charge in [0.2, 0.25) is 0 Å². The van der Waals surface area contributed by atoms with Gasteiger partial charge in [-0.25, -0.2) is 9.78 Å². The number of fused-ring (bicyclic) bond motifs is 1. The minimum Gasteiger partial charge on any atom is -0.497 e. The molecule has 5 nitrogen and oxygen atoms in total. The molecule has 1 N–H and O–H groups in total. The molecule has 2 heterocycles. The summed E-state index contributed by atoms with van der Waals surface area (Å²) in [6.45, 7) is 5.78. The number of nitrogens with zero attached hydrogens (tertiary/aromatic N) is 2. The van der Waals surface area contributed by atoms with Crippen LogP contribution in [0.15, 0.2) is 48.5 Å². The maximum Gasteiger partial charge on any atom is 0.317 e. The first-order valence-electron chi connectivity index (χ1n) is 10.6. The highest BCUT2D eigenvalue weighted by atomic mass is 32.1. The molecule has 2 aromatic carbocycles. The van der Waals surface area contributed by atoms with E-state index in [1.165, 1.54) is 4.70 Å². The van der Waals surface area contributed by atoms with E-state index in [1.54, 1.807) is 18.4 Å². The number of amides is 2. The van der Waals surface area contributed by atoms with Gasteiger partial charge in [-0.3, -0.25) is 0 Å². The van der Waals surface area contributed by atoms with Crippen LogP contribution in [0.25, 0.3) is 10.2 Å². The molecule has 2 amide bonds. The number of urea groups is 1. The van der Waals surface area contributed by atoms with Crippen LogP contribution >= 0.6 is 11.3 Å². The third-order valence-corrected chi connectivity index (χ3v) is 6.99. The van der Waals surface area contributed by atoms with E-state index >= 15 is 0 Å². The van der Waals surface area contributed by atoms with E-state index in [0.29, 0.717) is 5.92 Å². The fraction of sp³-hybridized carbons (Fsp3) is 0.417. The van der Waals surface area contributed by atoms with Crippen molar-refractivity contribution in [2.45, 2.75) is 38.6 Å². The summed E-state index contributed by atoms with van der Waals surface area (Å²) in [5.74, 6) is 1.41. The molecule has 1 aromatic heterocycles. The number of hydrogen-bond donors (Lipinski definition) is 1. The Morgan fingerprint density at radius 3 is 2.67 bits per heavy atom. The lowest BCUT2D eigenvalue weighted by molar-refractivity contribution is 0.172. The number of hydrogen-bond acceptors (Lipinski definition) is 4. The van der Waals surface area contributed by atoms with E-state index < -0.39 is 0 Å². The van der Waals surface area contributed by atoms with Crippen molar-refractivity contribution in [3.05, 3.63) is 59.1 Å². The zero-order valence-electron chi connectivity index (χ0n) is 17.8. The summed E-state index contributed by atoms with van der Waals surface area (Å²) in [6, 6.07) is 16.2. The number of piperidine rings is 1. The Balaban J connectivity index is 1.46. The zero-order chi connectivity index (χ0) is 21.1. The van der Waals surface area contributed by atoms with Crippen LogP contribution in [-0.4, -0.2) is 36.1 Å². The molecule has 2 atom stereocenters. The highest BCUT2D eigenvalue weighted by Crippen LogP contribution is 2.33. The summed E-state index contributed by atoms with van der Waals surface area (Å²) in [4.78, 5) is 19.9. The van der Waals surface area contributed by atoms with Crippen LogP contribution in [0.1, 0.15) is 49.2 Å². The predicted octanol–water partition coefficient (Wildman–Crippen LogP) is 5.59. The summed E-state index contributed by atoms with van der Waals surface area (Å²) in [5, 5.41) is 4.41. The zero-order valence-corrected chi connectivity index (χ0v) is 18.6. The molecule has 1 aliphatic heterocycles. The minimum atomic E-state index is -0.0359. The molecule has 3 aromatic rings. The number of para-hydroxylation sites is 1. The Labute approximate surface area is 182 Å². The van der Waals surface area contributed by atoms with Gasteiger partial charge >= 0.3 is 6.03 Å². The molecule has 1 saturated heterocycles. The summed E-state index contributed by atoms with van der Waals surface area (Å²) in [6.07, 6.45) is 2.08. The molecule has 0 spiro atoms. The van der Waals surface area contributed by atoms with Crippen molar-refractivity contribution in [3.8, 4) is 5.75 Å². The van der Waals surface area contributed by atoms with Crippen molar-refractivity contribution in [2.75, 3.05) is 20.2 Å². The third-order valence-electron chi connectivity index (χ3n) is 5.79. The molecular weight excluding hydrogens is 394 g/mol. The van der Waals surface area contributed by atoms with Crippen LogP contribution in [0, 0.1) is 5.92 Å². The van der Waals surface area contributed by atoms with Crippen LogP contribution in [0.4, 0.5) is 4.79 Å². The van der Waals surface area contributed by atoms with Crippen LogP contribution in [0.5, 0.6) is 5.75 Å². The number of ether oxygens (including phenoxy) is 1. The van der Waals surface area contributed by atoms with E-state index in [0.717, 1.165) is 47.8 Å². The van der Waals surface area contributed by atoms with Gasteiger partial charge in [-0.05, 0) is 48.6 Å². The largest absolute Gasteiger partial charge is 0.497 e. The average Bonchev–Trinajstić information content (AvgIpc) is 3.22. The molecule has 0 aliphatic carbocycles. The summed E-state index contributed by atoms with van der Waals surface area (Å²) >= 11 is 1.76. The monoisotopic (exact) mass is 423 g/mol. The molecular formula is C24H29N3O2S. The molecule has 0 bridgehead atoms. The summed E-state index contributed by atoms with van der Waals surface area (Å²) < 4.78 is 6.48.